The quantitative estimate of drug-likeness (QED) is 0.330. The van der Waals surface area contributed by atoms with Gasteiger partial charge >= 0.3 is 0 Å². The van der Waals surface area contributed by atoms with Crippen LogP contribution >= 0.6 is 0 Å². The number of nitrogens with zero attached hydrogens (tertiary/aromatic N) is 2. The van der Waals surface area contributed by atoms with Gasteiger partial charge in [-0.15, -0.1) is 0 Å². The number of rotatable bonds is 9. The van der Waals surface area contributed by atoms with Gasteiger partial charge in [-0.25, -0.2) is 0 Å². The summed E-state index contributed by atoms with van der Waals surface area (Å²) < 4.78 is 0. The maximum absolute atomic E-state index is 4.77. The van der Waals surface area contributed by atoms with E-state index in [9.17, 15) is 0 Å². The highest BCUT2D eigenvalue weighted by Crippen LogP contribution is 2.40. The van der Waals surface area contributed by atoms with Gasteiger partial charge in [-0.3, -0.25) is 0 Å². The van der Waals surface area contributed by atoms with Crippen molar-refractivity contribution < 1.29 is 0 Å². The van der Waals surface area contributed by atoms with Crippen molar-refractivity contribution in [1.82, 2.24) is 0 Å². The van der Waals surface area contributed by atoms with Gasteiger partial charge in [0, 0.05) is 36.7 Å². The molecule has 3 aliphatic rings. The summed E-state index contributed by atoms with van der Waals surface area (Å²) in [6.07, 6.45) is 15.9. The van der Waals surface area contributed by atoms with Crippen molar-refractivity contribution in [2.45, 2.75) is 104 Å². The normalized spacial score (nSPS) is 24.5. The summed E-state index contributed by atoms with van der Waals surface area (Å²) in [5, 5.41) is 0. The largest absolute Gasteiger partial charge is 0.371 e. The Kier molecular flexibility index (Phi) is 9.18. The van der Waals surface area contributed by atoms with Gasteiger partial charge in [0.05, 0.1) is 0 Å². The Morgan fingerprint density at radius 1 is 0.895 bits per heavy atom. The van der Waals surface area contributed by atoms with Crippen LogP contribution in [0.15, 0.2) is 54.7 Å². The number of aryl methyl sites for hydroxylation is 2. The van der Waals surface area contributed by atoms with E-state index in [2.05, 4.69) is 73.0 Å². The Hall–Kier alpha value is -2.22. The maximum atomic E-state index is 4.77. The maximum Gasteiger partial charge on any atom is 0.0429 e. The SMILES string of the molecule is C=C(C1CCCCC1)N(CC1CCC(c2ccc(CC)c(C)c2)CC1)c1cccc(N2CCC(CC)C2)c1. The van der Waals surface area contributed by atoms with Gasteiger partial charge in [-0.1, -0.05) is 70.4 Å². The molecule has 2 heteroatoms. The molecule has 2 nitrogen and oxygen atoms in total. The molecule has 38 heavy (non-hydrogen) atoms. The Morgan fingerprint density at radius 3 is 2.37 bits per heavy atom. The lowest BCUT2D eigenvalue weighted by Crippen LogP contribution is -2.34. The summed E-state index contributed by atoms with van der Waals surface area (Å²) in [4.78, 5) is 5.29. The van der Waals surface area contributed by atoms with Gasteiger partial charge in [0.15, 0.2) is 0 Å². The molecule has 206 valence electrons. The third-order valence-electron chi connectivity index (χ3n) is 10.3. The summed E-state index contributed by atoms with van der Waals surface area (Å²) >= 11 is 0. The predicted octanol–water partition coefficient (Wildman–Crippen LogP) is 9.67. The molecule has 0 radical (unpaired) electrons. The third-order valence-corrected chi connectivity index (χ3v) is 10.3. The van der Waals surface area contributed by atoms with Gasteiger partial charge in [0.25, 0.3) is 0 Å². The van der Waals surface area contributed by atoms with Crippen LogP contribution in [0, 0.1) is 24.7 Å². The molecule has 2 saturated carbocycles. The molecule has 0 amide bonds. The van der Waals surface area contributed by atoms with Crippen LogP contribution in [0.1, 0.15) is 107 Å². The average Bonchev–Trinajstić information content (AvgIpc) is 3.46. The van der Waals surface area contributed by atoms with Crippen LogP contribution in [0.2, 0.25) is 0 Å². The van der Waals surface area contributed by atoms with Crippen molar-refractivity contribution in [2.24, 2.45) is 17.8 Å². The monoisotopic (exact) mass is 512 g/mol. The first-order valence-electron chi connectivity index (χ1n) is 16.0. The van der Waals surface area contributed by atoms with Crippen molar-refractivity contribution in [3.63, 3.8) is 0 Å². The minimum atomic E-state index is 0.653. The standard InChI is InChI=1S/C36H52N2/c1-5-29-21-22-37(25-29)35-13-10-14-36(24-35)38(28(4)32-11-8-7-9-12-32)26-30-15-17-33(18-16-30)34-20-19-31(6-2)27(3)23-34/h10,13-14,19-20,23-24,29-30,32-33H,4-9,11-12,15-18,21-22,25-26H2,1-3H3. The van der Waals surface area contributed by atoms with Gasteiger partial charge < -0.3 is 9.80 Å². The first kappa shape index (κ1) is 27.4. The first-order valence-corrected chi connectivity index (χ1v) is 16.0. The van der Waals surface area contributed by atoms with E-state index in [1.807, 2.05) is 0 Å². The lowest BCUT2D eigenvalue weighted by atomic mass is 9.77. The predicted molar refractivity (Wildman–Crippen MR) is 165 cm³/mol. The molecule has 0 spiro atoms. The van der Waals surface area contributed by atoms with E-state index < -0.39 is 0 Å². The molecule has 1 saturated heterocycles. The van der Waals surface area contributed by atoms with Gasteiger partial charge in [-0.05, 0) is 117 Å². The van der Waals surface area contributed by atoms with Gasteiger partial charge in [0.1, 0.15) is 0 Å². The molecule has 1 atom stereocenters. The van der Waals surface area contributed by atoms with Crippen LogP contribution in [0.25, 0.3) is 0 Å². The second kappa shape index (κ2) is 12.8. The molecule has 1 heterocycles. The van der Waals surface area contributed by atoms with Gasteiger partial charge in [-0.2, -0.15) is 0 Å². The molecule has 5 rings (SSSR count). The molecular formula is C36H52N2. The van der Waals surface area contributed by atoms with Gasteiger partial charge in [0.2, 0.25) is 0 Å². The molecule has 2 aromatic rings. The molecule has 1 aliphatic heterocycles. The van der Waals surface area contributed by atoms with Crippen molar-refractivity contribution in [2.75, 3.05) is 29.4 Å². The molecule has 0 bridgehead atoms. The minimum absolute atomic E-state index is 0.653. The highest BCUT2D eigenvalue weighted by Gasteiger charge is 2.29. The Balaban J connectivity index is 1.30. The molecule has 1 unspecified atom stereocenters. The van der Waals surface area contributed by atoms with Crippen molar-refractivity contribution >= 4 is 11.4 Å². The third kappa shape index (κ3) is 6.32. The zero-order valence-electron chi connectivity index (χ0n) is 24.6. The lowest BCUT2D eigenvalue weighted by molar-refractivity contribution is 0.323. The first-order chi connectivity index (χ1) is 18.6. The summed E-state index contributed by atoms with van der Waals surface area (Å²) in [5.41, 5.74) is 8.74. The Labute approximate surface area is 233 Å². The van der Waals surface area contributed by atoms with Crippen molar-refractivity contribution in [1.29, 1.82) is 0 Å². The van der Waals surface area contributed by atoms with Crippen molar-refractivity contribution in [3.05, 3.63) is 71.4 Å². The molecule has 2 aliphatic carbocycles. The van der Waals surface area contributed by atoms with Crippen LogP contribution in [-0.4, -0.2) is 19.6 Å². The smallest absolute Gasteiger partial charge is 0.0429 e. The zero-order valence-corrected chi connectivity index (χ0v) is 24.6. The highest BCUT2D eigenvalue weighted by molar-refractivity contribution is 5.62. The Bertz CT molecular complexity index is 1060. The molecule has 2 aromatic carbocycles. The summed E-state index contributed by atoms with van der Waals surface area (Å²) in [5.74, 6) is 2.99. The topological polar surface area (TPSA) is 6.48 Å². The van der Waals surface area contributed by atoms with E-state index in [1.54, 1.807) is 5.56 Å². The number of anilines is 2. The summed E-state index contributed by atoms with van der Waals surface area (Å²) in [6.45, 7) is 15.2. The van der Waals surface area contributed by atoms with Crippen molar-refractivity contribution in [3.8, 4) is 0 Å². The number of hydrogen-bond donors (Lipinski definition) is 0. The average molecular weight is 513 g/mol. The van der Waals surface area contributed by atoms with E-state index in [-0.39, 0.29) is 0 Å². The fourth-order valence-electron chi connectivity index (χ4n) is 7.61. The second-order valence-electron chi connectivity index (χ2n) is 12.7. The van der Waals surface area contributed by atoms with Crippen LogP contribution in [0.4, 0.5) is 11.4 Å². The molecule has 0 N–H and O–H groups in total. The molecule has 3 fully saturated rings. The van der Waals surface area contributed by atoms with E-state index in [0.29, 0.717) is 5.92 Å². The lowest BCUT2D eigenvalue weighted by Gasteiger charge is -2.38. The fourth-order valence-corrected chi connectivity index (χ4v) is 7.61. The number of benzene rings is 2. The molecular weight excluding hydrogens is 460 g/mol. The zero-order chi connectivity index (χ0) is 26.5. The van der Waals surface area contributed by atoms with Crippen LogP contribution in [0.3, 0.4) is 0 Å². The fraction of sp³-hybridized carbons (Fsp3) is 0.611. The van der Waals surface area contributed by atoms with E-state index in [4.69, 9.17) is 6.58 Å². The Morgan fingerprint density at radius 2 is 1.68 bits per heavy atom. The summed E-state index contributed by atoms with van der Waals surface area (Å²) in [7, 11) is 0. The second-order valence-corrected chi connectivity index (χ2v) is 12.7. The van der Waals surface area contributed by atoms with E-state index in [0.717, 1.165) is 30.7 Å². The van der Waals surface area contributed by atoms with E-state index in [1.165, 1.54) is 112 Å². The number of hydrogen-bond acceptors (Lipinski definition) is 2. The summed E-state index contributed by atoms with van der Waals surface area (Å²) in [6, 6.07) is 16.7. The molecule has 0 aromatic heterocycles. The van der Waals surface area contributed by atoms with Crippen LogP contribution in [-0.2, 0) is 6.42 Å². The van der Waals surface area contributed by atoms with Crippen LogP contribution < -0.4 is 9.80 Å². The number of allylic oxidation sites excluding steroid dienone is 1. The minimum Gasteiger partial charge on any atom is -0.371 e. The highest BCUT2D eigenvalue weighted by atomic mass is 15.2. The van der Waals surface area contributed by atoms with Crippen LogP contribution in [0.5, 0.6) is 0 Å². The van der Waals surface area contributed by atoms with E-state index >= 15 is 0 Å².